The highest BCUT2D eigenvalue weighted by Crippen LogP contribution is 2.21. The highest BCUT2D eigenvalue weighted by atomic mass is 19.1. The third kappa shape index (κ3) is 3.98. The molecule has 2 rings (SSSR count). The minimum Gasteiger partial charge on any atom is -0.323 e. The predicted octanol–water partition coefficient (Wildman–Crippen LogP) is 3.09. The maximum atomic E-state index is 13.7. The molecule has 2 nitrogen and oxygen atoms in total. The molecule has 1 saturated heterocycles. The lowest BCUT2D eigenvalue weighted by molar-refractivity contribution is 0.263. The van der Waals surface area contributed by atoms with Gasteiger partial charge in [-0.15, -0.1) is 0 Å². The molecule has 0 bridgehead atoms. The number of rotatable bonds is 3. The van der Waals surface area contributed by atoms with E-state index in [1.807, 2.05) is 0 Å². The highest BCUT2D eigenvalue weighted by molar-refractivity contribution is 5.22. The van der Waals surface area contributed by atoms with Gasteiger partial charge in [-0.25, -0.2) is 8.78 Å². The standard InChI is InChI=1S/C15H22F2N2/c1-11-3-2-7-19(8-6-11)10-15(18)13-5-4-12(16)9-14(13)17/h4-5,9,11,15H,2-3,6-8,10,18H2,1H3. The SMILES string of the molecule is CC1CCCN(CC(N)c2ccc(F)cc2F)CC1. The van der Waals surface area contributed by atoms with Crippen molar-refractivity contribution in [1.82, 2.24) is 4.90 Å². The van der Waals surface area contributed by atoms with Crippen LogP contribution >= 0.6 is 0 Å². The van der Waals surface area contributed by atoms with Gasteiger partial charge in [-0.05, 0) is 44.3 Å². The number of hydrogen-bond donors (Lipinski definition) is 1. The number of nitrogens with two attached hydrogens (primary N) is 1. The number of halogens is 2. The molecule has 0 saturated carbocycles. The summed E-state index contributed by atoms with van der Waals surface area (Å²) in [6.07, 6.45) is 3.58. The van der Waals surface area contributed by atoms with Gasteiger partial charge in [-0.1, -0.05) is 13.0 Å². The van der Waals surface area contributed by atoms with Crippen LogP contribution in [0.25, 0.3) is 0 Å². The van der Waals surface area contributed by atoms with E-state index in [0.29, 0.717) is 12.1 Å². The molecule has 2 atom stereocenters. The van der Waals surface area contributed by atoms with E-state index in [9.17, 15) is 8.78 Å². The van der Waals surface area contributed by atoms with E-state index in [1.165, 1.54) is 31.4 Å². The zero-order chi connectivity index (χ0) is 13.8. The summed E-state index contributed by atoms with van der Waals surface area (Å²) in [4.78, 5) is 2.29. The molecule has 0 amide bonds. The summed E-state index contributed by atoms with van der Waals surface area (Å²) in [6, 6.07) is 3.23. The molecule has 0 spiro atoms. The summed E-state index contributed by atoms with van der Waals surface area (Å²) in [7, 11) is 0. The molecule has 1 aliphatic rings. The van der Waals surface area contributed by atoms with E-state index in [2.05, 4.69) is 11.8 Å². The van der Waals surface area contributed by atoms with E-state index < -0.39 is 17.7 Å². The molecule has 2 N–H and O–H groups in total. The van der Waals surface area contributed by atoms with Gasteiger partial charge >= 0.3 is 0 Å². The number of nitrogens with zero attached hydrogens (tertiary/aromatic N) is 1. The lowest BCUT2D eigenvalue weighted by Crippen LogP contribution is -2.33. The van der Waals surface area contributed by atoms with Crippen molar-refractivity contribution in [3.05, 3.63) is 35.4 Å². The molecule has 0 aromatic heterocycles. The molecule has 1 heterocycles. The van der Waals surface area contributed by atoms with Gasteiger partial charge in [-0.2, -0.15) is 0 Å². The molecular formula is C15H22F2N2. The highest BCUT2D eigenvalue weighted by Gasteiger charge is 2.18. The van der Waals surface area contributed by atoms with E-state index in [4.69, 9.17) is 5.73 Å². The van der Waals surface area contributed by atoms with E-state index in [1.54, 1.807) is 0 Å². The largest absolute Gasteiger partial charge is 0.323 e. The minimum absolute atomic E-state index is 0.394. The van der Waals surface area contributed by atoms with Crippen molar-refractivity contribution >= 4 is 0 Å². The second kappa shape index (κ2) is 6.44. The summed E-state index contributed by atoms with van der Waals surface area (Å²) in [6.45, 7) is 4.93. The zero-order valence-corrected chi connectivity index (χ0v) is 11.4. The van der Waals surface area contributed by atoms with Crippen LogP contribution in [-0.4, -0.2) is 24.5 Å². The molecule has 106 valence electrons. The molecule has 0 aliphatic carbocycles. The van der Waals surface area contributed by atoms with Crippen LogP contribution < -0.4 is 5.73 Å². The monoisotopic (exact) mass is 268 g/mol. The summed E-state index contributed by atoms with van der Waals surface area (Å²) >= 11 is 0. The zero-order valence-electron chi connectivity index (χ0n) is 11.4. The Morgan fingerprint density at radius 3 is 2.84 bits per heavy atom. The Labute approximate surface area is 113 Å². The van der Waals surface area contributed by atoms with Gasteiger partial charge in [0.15, 0.2) is 0 Å². The molecule has 1 aromatic rings. The fraction of sp³-hybridized carbons (Fsp3) is 0.600. The molecule has 1 fully saturated rings. The van der Waals surface area contributed by atoms with Crippen molar-refractivity contribution in [3.63, 3.8) is 0 Å². The first-order valence-corrected chi connectivity index (χ1v) is 6.99. The topological polar surface area (TPSA) is 29.3 Å². The van der Waals surface area contributed by atoms with Crippen molar-refractivity contribution in [1.29, 1.82) is 0 Å². The third-order valence-corrected chi connectivity index (χ3v) is 3.93. The maximum absolute atomic E-state index is 13.7. The first-order valence-electron chi connectivity index (χ1n) is 6.99. The van der Waals surface area contributed by atoms with Crippen LogP contribution in [0.3, 0.4) is 0 Å². The van der Waals surface area contributed by atoms with Crippen LogP contribution in [0, 0.1) is 17.6 Å². The Hall–Kier alpha value is -1.00. The van der Waals surface area contributed by atoms with Crippen LogP contribution in [-0.2, 0) is 0 Å². The van der Waals surface area contributed by atoms with Gasteiger partial charge in [0.25, 0.3) is 0 Å². The van der Waals surface area contributed by atoms with Crippen LogP contribution in [0.2, 0.25) is 0 Å². The van der Waals surface area contributed by atoms with Gasteiger partial charge in [0.05, 0.1) is 0 Å². The molecule has 4 heteroatoms. The quantitative estimate of drug-likeness (QED) is 0.912. The average molecular weight is 268 g/mol. The molecule has 1 aliphatic heterocycles. The Morgan fingerprint density at radius 2 is 2.11 bits per heavy atom. The number of hydrogen-bond acceptors (Lipinski definition) is 2. The van der Waals surface area contributed by atoms with E-state index >= 15 is 0 Å². The number of benzene rings is 1. The lowest BCUT2D eigenvalue weighted by atomic mass is 10.0. The smallest absolute Gasteiger partial charge is 0.130 e. The maximum Gasteiger partial charge on any atom is 0.130 e. The second-order valence-corrected chi connectivity index (χ2v) is 5.61. The Morgan fingerprint density at radius 1 is 1.32 bits per heavy atom. The Kier molecular flexibility index (Phi) is 4.88. The van der Waals surface area contributed by atoms with Crippen molar-refractivity contribution in [3.8, 4) is 0 Å². The molecule has 2 unspecified atom stereocenters. The van der Waals surface area contributed by atoms with Crippen LogP contribution in [0.5, 0.6) is 0 Å². The summed E-state index contributed by atoms with van der Waals surface area (Å²) in [5, 5.41) is 0. The summed E-state index contributed by atoms with van der Waals surface area (Å²) in [5.74, 6) is -0.350. The van der Waals surface area contributed by atoms with Crippen molar-refractivity contribution < 1.29 is 8.78 Å². The van der Waals surface area contributed by atoms with Gasteiger partial charge in [0, 0.05) is 24.2 Å². The normalized spacial score (nSPS) is 23.1. The molecular weight excluding hydrogens is 246 g/mol. The Balaban J connectivity index is 1.98. The van der Waals surface area contributed by atoms with Gasteiger partial charge in [0.1, 0.15) is 11.6 Å². The Bertz CT molecular complexity index is 423. The molecule has 1 aromatic carbocycles. The van der Waals surface area contributed by atoms with Crippen LogP contribution in [0.4, 0.5) is 8.78 Å². The van der Waals surface area contributed by atoms with Gasteiger partial charge in [0.2, 0.25) is 0 Å². The number of likely N-dealkylation sites (tertiary alicyclic amines) is 1. The molecule has 19 heavy (non-hydrogen) atoms. The van der Waals surface area contributed by atoms with E-state index in [0.717, 1.165) is 25.1 Å². The van der Waals surface area contributed by atoms with Crippen molar-refractivity contribution in [2.45, 2.75) is 32.2 Å². The van der Waals surface area contributed by atoms with Gasteiger partial charge < -0.3 is 10.6 Å². The first-order chi connectivity index (χ1) is 9.06. The fourth-order valence-electron chi connectivity index (χ4n) is 2.68. The summed E-state index contributed by atoms with van der Waals surface area (Å²) < 4.78 is 26.5. The average Bonchev–Trinajstić information content (AvgIpc) is 2.54. The van der Waals surface area contributed by atoms with Crippen molar-refractivity contribution in [2.75, 3.05) is 19.6 Å². The third-order valence-electron chi connectivity index (χ3n) is 3.93. The van der Waals surface area contributed by atoms with Gasteiger partial charge in [-0.3, -0.25) is 0 Å². The van der Waals surface area contributed by atoms with Crippen LogP contribution in [0.1, 0.15) is 37.8 Å². The molecule has 0 radical (unpaired) electrons. The predicted molar refractivity (Wildman–Crippen MR) is 72.7 cm³/mol. The van der Waals surface area contributed by atoms with E-state index in [-0.39, 0.29) is 0 Å². The van der Waals surface area contributed by atoms with Crippen molar-refractivity contribution in [2.24, 2.45) is 11.7 Å². The van der Waals surface area contributed by atoms with Crippen LogP contribution in [0.15, 0.2) is 18.2 Å². The fourth-order valence-corrected chi connectivity index (χ4v) is 2.68. The summed E-state index contributed by atoms with van der Waals surface area (Å²) in [5.41, 5.74) is 6.46. The second-order valence-electron chi connectivity index (χ2n) is 5.61. The lowest BCUT2D eigenvalue weighted by Gasteiger charge is -2.24. The minimum atomic E-state index is -0.558. The first kappa shape index (κ1) is 14.4.